The average Bonchev–Trinajstić information content (AvgIpc) is 2.65. The Hall–Kier alpha value is -2.24. The maximum Gasteiger partial charge on any atom is 0.318 e. The zero-order valence-corrected chi connectivity index (χ0v) is 18.7. The van der Waals surface area contributed by atoms with Crippen LogP contribution in [0.15, 0.2) is 33.2 Å². The molecule has 3 rings (SSSR count). The van der Waals surface area contributed by atoms with E-state index in [2.05, 4.69) is 37.3 Å². The first-order chi connectivity index (χ1) is 13.8. The highest BCUT2D eigenvalue weighted by Crippen LogP contribution is 2.44. The summed E-state index contributed by atoms with van der Waals surface area (Å²) in [5.74, 6) is 0.252. The molecular formula is C18H18Br2N4O5. The molecule has 2 aromatic rings. The van der Waals surface area contributed by atoms with Crippen molar-refractivity contribution < 1.29 is 14.6 Å². The van der Waals surface area contributed by atoms with E-state index < -0.39 is 15.5 Å². The lowest BCUT2D eigenvalue weighted by Gasteiger charge is -2.27. The largest absolute Gasteiger partial charge is 0.448 e. The molecule has 0 amide bonds. The molecule has 11 heteroatoms. The summed E-state index contributed by atoms with van der Waals surface area (Å²) in [4.78, 5) is 21.8. The molecule has 9 nitrogen and oxygen atoms in total. The SMILES string of the molecule is Cc1cc(Br)c(Oc2cc(NN3CCCCC3)c([N+](=O)[O-])cc2[N+](=O)[O-])c(Br)c1. The van der Waals surface area contributed by atoms with Crippen LogP contribution in [0.2, 0.25) is 0 Å². The number of hydrazine groups is 1. The number of halogens is 2. The smallest absolute Gasteiger partial charge is 0.318 e. The minimum atomic E-state index is -0.691. The molecule has 0 bridgehead atoms. The highest BCUT2D eigenvalue weighted by atomic mass is 79.9. The van der Waals surface area contributed by atoms with Crippen LogP contribution in [-0.4, -0.2) is 27.9 Å². The quantitative estimate of drug-likeness (QED) is 0.364. The molecule has 0 unspecified atom stereocenters. The first-order valence-corrected chi connectivity index (χ1v) is 10.5. The molecule has 154 valence electrons. The number of nitrogens with one attached hydrogen (secondary N) is 1. The lowest BCUT2D eigenvalue weighted by atomic mass is 10.1. The predicted octanol–water partition coefficient (Wildman–Crippen LogP) is 5.94. The van der Waals surface area contributed by atoms with Gasteiger partial charge in [0.1, 0.15) is 11.8 Å². The Morgan fingerprint density at radius 3 is 2.10 bits per heavy atom. The number of hydrogen-bond donors (Lipinski definition) is 1. The molecule has 1 saturated heterocycles. The van der Waals surface area contributed by atoms with Gasteiger partial charge in [-0.3, -0.25) is 20.2 Å². The average molecular weight is 530 g/mol. The molecule has 0 spiro atoms. The van der Waals surface area contributed by atoms with E-state index in [1.54, 1.807) is 0 Å². The Morgan fingerprint density at radius 1 is 0.966 bits per heavy atom. The van der Waals surface area contributed by atoms with Crippen molar-refractivity contribution >= 4 is 48.9 Å². The van der Waals surface area contributed by atoms with E-state index in [1.807, 2.05) is 24.1 Å². The van der Waals surface area contributed by atoms with E-state index in [1.165, 1.54) is 6.07 Å². The number of benzene rings is 2. The van der Waals surface area contributed by atoms with Crippen molar-refractivity contribution in [2.45, 2.75) is 26.2 Å². The van der Waals surface area contributed by atoms with Gasteiger partial charge >= 0.3 is 11.4 Å². The third-order valence-electron chi connectivity index (χ3n) is 4.46. The molecule has 1 aliphatic rings. The molecule has 29 heavy (non-hydrogen) atoms. The Morgan fingerprint density at radius 2 is 1.55 bits per heavy atom. The number of rotatable bonds is 6. The fourth-order valence-corrected chi connectivity index (χ4v) is 4.67. The van der Waals surface area contributed by atoms with Gasteiger partial charge in [-0.05, 0) is 69.3 Å². The molecule has 1 aliphatic heterocycles. The maximum atomic E-state index is 11.6. The van der Waals surface area contributed by atoms with Gasteiger partial charge in [-0.25, -0.2) is 5.01 Å². The van der Waals surface area contributed by atoms with Gasteiger partial charge < -0.3 is 10.2 Å². The van der Waals surface area contributed by atoms with Crippen molar-refractivity contribution in [2.24, 2.45) is 0 Å². The summed E-state index contributed by atoms with van der Waals surface area (Å²) >= 11 is 6.79. The van der Waals surface area contributed by atoms with Gasteiger partial charge in [0.25, 0.3) is 0 Å². The van der Waals surface area contributed by atoms with Gasteiger partial charge in [0.2, 0.25) is 5.75 Å². The zero-order chi connectivity index (χ0) is 21.1. The summed E-state index contributed by atoms with van der Waals surface area (Å²) in [5.41, 5.74) is 3.27. The van der Waals surface area contributed by atoms with Gasteiger partial charge in [0.05, 0.1) is 18.8 Å². The summed E-state index contributed by atoms with van der Waals surface area (Å²) in [7, 11) is 0. The monoisotopic (exact) mass is 528 g/mol. The maximum absolute atomic E-state index is 11.6. The molecule has 1 fully saturated rings. The van der Waals surface area contributed by atoms with Crippen LogP contribution < -0.4 is 10.2 Å². The summed E-state index contributed by atoms with van der Waals surface area (Å²) in [5, 5.41) is 25.0. The van der Waals surface area contributed by atoms with Crippen molar-refractivity contribution in [3.05, 3.63) is 59.0 Å². The predicted molar refractivity (Wildman–Crippen MR) is 115 cm³/mol. The van der Waals surface area contributed by atoms with Crippen LogP contribution in [0.5, 0.6) is 11.5 Å². The first-order valence-electron chi connectivity index (χ1n) is 8.88. The van der Waals surface area contributed by atoms with E-state index in [0.29, 0.717) is 14.7 Å². The van der Waals surface area contributed by atoms with Gasteiger partial charge in [0, 0.05) is 19.2 Å². The number of aryl methyl sites for hydroxylation is 1. The van der Waals surface area contributed by atoms with E-state index >= 15 is 0 Å². The minimum absolute atomic E-state index is 0.0923. The Balaban J connectivity index is 2.06. The molecule has 0 atom stereocenters. The Kier molecular flexibility index (Phi) is 6.70. The molecule has 2 aromatic carbocycles. The lowest BCUT2D eigenvalue weighted by Crippen LogP contribution is -2.35. The third-order valence-corrected chi connectivity index (χ3v) is 5.64. The molecule has 0 aliphatic carbocycles. The van der Waals surface area contributed by atoms with Gasteiger partial charge in [-0.2, -0.15) is 0 Å². The molecule has 1 heterocycles. The Bertz CT molecular complexity index is 941. The van der Waals surface area contributed by atoms with E-state index in [9.17, 15) is 20.2 Å². The van der Waals surface area contributed by atoms with Crippen LogP contribution in [-0.2, 0) is 0 Å². The number of nitro groups is 2. The summed E-state index contributed by atoms with van der Waals surface area (Å²) in [6.07, 6.45) is 3.05. The molecule has 0 radical (unpaired) electrons. The normalized spacial score (nSPS) is 14.4. The van der Waals surface area contributed by atoms with Crippen LogP contribution in [0.3, 0.4) is 0 Å². The van der Waals surface area contributed by atoms with Crippen molar-refractivity contribution in [2.75, 3.05) is 18.5 Å². The van der Waals surface area contributed by atoms with Crippen LogP contribution in [0.25, 0.3) is 0 Å². The molecule has 1 N–H and O–H groups in total. The van der Waals surface area contributed by atoms with Gasteiger partial charge in [-0.15, -0.1) is 0 Å². The second-order valence-corrected chi connectivity index (χ2v) is 8.38. The highest BCUT2D eigenvalue weighted by Gasteiger charge is 2.28. The van der Waals surface area contributed by atoms with Crippen molar-refractivity contribution in [3.63, 3.8) is 0 Å². The number of hydrogen-bond acceptors (Lipinski definition) is 7. The number of ether oxygens (including phenoxy) is 1. The van der Waals surface area contributed by atoms with Crippen molar-refractivity contribution in [1.82, 2.24) is 5.01 Å². The summed E-state index contributed by atoms with van der Waals surface area (Å²) < 4.78 is 7.03. The third kappa shape index (κ3) is 5.03. The fraction of sp³-hybridized carbons (Fsp3) is 0.333. The molecule has 0 aromatic heterocycles. The highest BCUT2D eigenvalue weighted by molar-refractivity contribution is 9.11. The van der Waals surface area contributed by atoms with E-state index in [4.69, 9.17) is 4.74 Å². The summed E-state index contributed by atoms with van der Waals surface area (Å²) in [6, 6.07) is 5.86. The number of nitrogens with zero attached hydrogens (tertiary/aromatic N) is 3. The number of nitro benzene ring substituents is 2. The van der Waals surface area contributed by atoms with E-state index in [0.717, 1.165) is 44.0 Å². The standard InChI is InChI=1S/C18H18Br2N4O5/c1-11-7-12(19)18(13(20)8-11)29-17-9-14(21-22-5-3-2-4-6-22)15(23(25)26)10-16(17)24(27)28/h7-10,21H,2-6H2,1H3. The zero-order valence-electron chi connectivity index (χ0n) is 15.5. The Labute approximate surface area is 183 Å². The van der Waals surface area contributed by atoms with Crippen LogP contribution >= 0.6 is 31.9 Å². The minimum Gasteiger partial charge on any atom is -0.448 e. The van der Waals surface area contributed by atoms with Gasteiger partial charge in [-0.1, -0.05) is 6.42 Å². The van der Waals surface area contributed by atoms with Crippen LogP contribution in [0.4, 0.5) is 17.1 Å². The second kappa shape index (κ2) is 9.06. The van der Waals surface area contributed by atoms with Crippen molar-refractivity contribution in [1.29, 1.82) is 0 Å². The lowest BCUT2D eigenvalue weighted by molar-refractivity contribution is -0.394. The van der Waals surface area contributed by atoms with Crippen LogP contribution in [0.1, 0.15) is 24.8 Å². The fourth-order valence-electron chi connectivity index (χ4n) is 3.09. The van der Waals surface area contributed by atoms with Crippen molar-refractivity contribution in [3.8, 4) is 11.5 Å². The molecule has 0 saturated carbocycles. The number of piperidine rings is 1. The van der Waals surface area contributed by atoms with Gasteiger partial charge in [0.15, 0.2) is 5.75 Å². The molecular weight excluding hydrogens is 512 g/mol. The number of anilines is 1. The first kappa shape index (κ1) is 21.5. The topological polar surface area (TPSA) is 111 Å². The second-order valence-electron chi connectivity index (χ2n) is 6.67. The van der Waals surface area contributed by atoms with E-state index in [-0.39, 0.29) is 17.1 Å². The van der Waals surface area contributed by atoms with Crippen LogP contribution in [0, 0.1) is 27.2 Å². The summed E-state index contributed by atoms with van der Waals surface area (Å²) in [6.45, 7) is 3.37.